The molecular formula is C23H21IO. The molecule has 0 saturated carbocycles. The predicted octanol–water partition coefficient (Wildman–Crippen LogP) is 7.13. The summed E-state index contributed by atoms with van der Waals surface area (Å²) in [5.41, 5.74) is 3.22. The zero-order valence-electron chi connectivity index (χ0n) is 14.1. The van der Waals surface area contributed by atoms with Crippen LogP contribution in [0.5, 0.6) is 0 Å². The van der Waals surface area contributed by atoms with Gasteiger partial charge in [-0.3, -0.25) is 0 Å². The topological polar surface area (TPSA) is 13.1 Å². The van der Waals surface area contributed by atoms with Crippen molar-refractivity contribution in [3.63, 3.8) is 0 Å². The summed E-state index contributed by atoms with van der Waals surface area (Å²) in [6, 6.07) is 21.8. The van der Waals surface area contributed by atoms with Crippen molar-refractivity contribution in [2.75, 3.05) is 4.43 Å². The van der Waals surface area contributed by atoms with E-state index in [1.807, 2.05) is 12.1 Å². The maximum absolute atomic E-state index is 4.58. The second-order valence-electron chi connectivity index (χ2n) is 6.55. The van der Waals surface area contributed by atoms with E-state index in [-0.39, 0.29) is 0 Å². The van der Waals surface area contributed by atoms with Crippen LogP contribution < -0.4 is 0 Å². The van der Waals surface area contributed by atoms with Crippen molar-refractivity contribution < 1.29 is 4.42 Å². The predicted molar refractivity (Wildman–Crippen MR) is 115 cm³/mol. The van der Waals surface area contributed by atoms with Crippen LogP contribution in [0.3, 0.4) is 0 Å². The van der Waals surface area contributed by atoms with Gasteiger partial charge in [0.1, 0.15) is 0 Å². The van der Waals surface area contributed by atoms with Crippen molar-refractivity contribution in [1.29, 1.82) is 0 Å². The van der Waals surface area contributed by atoms with Gasteiger partial charge in [-0.25, -0.2) is 0 Å². The molecule has 1 heterocycles. The number of furan rings is 1. The molecule has 1 aliphatic rings. The SMILES string of the molecule is IC[C@@H]1CCCc2c1ccc1c2ccc2ccccc21.c1ccoc1. The molecule has 0 N–H and O–H groups in total. The van der Waals surface area contributed by atoms with E-state index in [9.17, 15) is 0 Å². The maximum Gasteiger partial charge on any atom is 0.0902 e. The van der Waals surface area contributed by atoms with Crippen molar-refractivity contribution in [3.05, 3.63) is 84.3 Å². The molecule has 126 valence electrons. The molecule has 25 heavy (non-hydrogen) atoms. The second-order valence-corrected chi connectivity index (χ2v) is 7.43. The highest BCUT2D eigenvalue weighted by Gasteiger charge is 2.21. The molecule has 0 radical (unpaired) electrons. The third-order valence-corrected chi connectivity index (χ3v) is 6.17. The van der Waals surface area contributed by atoms with Crippen LogP contribution in [0.2, 0.25) is 0 Å². The summed E-state index contributed by atoms with van der Waals surface area (Å²) in [4.78, 5) is 0. The zero-order valence-corrected chi connectivity index (χ0v) is 16.3. The number of aryl methyl sites for hydroxylation is 1. The molecule has 0 fully saturated rings. The molecule has 1 aromatic heterocycles. The maximum atomic E-state index is 4.58. The number of fused-ring (bicyclic) bond motifs is 5. The fourth-order valence-corrected chi connectivity index (χ4v) is 4.81. The Bertz CT molecular complexity index is 955. The molecule has 5 rings (SSSR count). The average Bonchev–Trinajstić information content (AvgIpc) is 3.27. The first-order chi connectivity index (χ1) is 12.4. The summed E-state index contributed by atoms with van der Waals surface area (Å²) in [6.07, 6.45) is 7.19. The average molecular weight is 440 g/mol. The first-order valence-electron chi connectivity index (χ1n) is 8.85. The second kappa shape index (κ2) is 7.61. The largest absolute Gasteiger partial charge is 0.473 e. The van der Waals surface area contributed by atoms with Crippen LogP contribution in [0.4, 0.5) is 0 Å². The third kappa shape index (κ3) is 3.32. The lowest BCUT2D eigenvalue weighted by molar-refractivity contribution is 0.567. The van der Waals surface area contributed by atoms with Gasteiger partial charge in [0, 0.05) is 4.43 Å². The lowest BCUT2D eigenvalue weighted by Gasteiger charge is -2.25. The molecule has 0 aliphatic heterocycles. The molecule has 1 nitrogen and oxygen atoms in total. The van der Waals surface area contributed by atoms with Gasteiger partial charge < -0.3 is 4.42 Å². The molecule has 2 heteroatoms. The molecule has 1 atom stereocenters. The van der Waals surface area contributed by atoms with Gasteiger partial charge in [0.2, 0.25) is 0 Å². The van der Waals surface area contributed by atoms with E-state index >= 15 is 0 Å². The van der Waals surface area contributed by atoms with Crippen LogP contribution in [0.1, 0.15) is 29.9 Å². The number of benzene rings is 3. The molecule has 0 unspecified atom stereocenters. The summed E-state index contributed by atoms with van der Waals surface area (Å²) < 4.78 is 5.82. The number of alkyl halides is 1. The third-order valence-electron chi connectivity index (χ3n) is 5.10. The van der Waals surface area contributed by atoms with Crippen molar-refractivity contribution in [2.24, 2.45) is 0 Å². The van der Waals surface area contributed by atoms with Crippen LogP contribution in [0.15, 0.2) is 77.6 Å². The van der Waals surface area contributed by atoms with Crippen LogP contribution >= 0.6 is 22.6 Å². The summed E-state index contributed by atoms with van der Waals surface area (Å²) >= 11 is 2.54. The number of rotatable bonds is 1. The van der Waals surface area contributed by atoms with Crippen LogP contribution in [0.25, 0.3) is 21.5 Å². The standard InChI is InChI=1S/C19H17I.C4H4O/c20-12-14-5-3-7-17-16(14)10-11-18-15-6-2-1-4-13(15)8-9-19(17)18;1-2-4-5-3-1/h1-2,4,6,8-11,14H,3,5,7,12H2;1-4H/t14-;/m0./s1. The molecule has 3 aromatic carbocycles. The number of hydrogen-bond donors (Lipinski definition) is 0. The highest BCUT2D eigenvalue weighted by molar-refractivity contribution is 14.1. The Hall–Kier alpha value is -1.81. The van der Waals surface area contributed by atoms with Gasteiger partial charge in [-0.15, -0.1) is 0 Å². The highest BCUT2D eigenvalue weighted by Crippen LogP contribution is 2.38. The minimum atomic E-state index is 0.759. The first-order valence-corrected chi connectivity index (χ1v) is 10.4. The summed E-state index contributed by atoms with van der Waals surface area (Å²) in [5, 5.41) is 5.65. The van der Waals surface area contributed by atoms with E-state index in [1.165, 1.54) is 45.2 Å². The van der Waals surface area contributed by atoms with Gasteiger partial charge in [0.15, 0.2) is 0 Å². The van der Waals surface area contributed by atoms with E-state index in [4.69, 9.17) is 0 Å². The van der Waals surface area contributed by atoms with Gasteiger partial charge in [-0.05, 0) is 70.0 Å². The lowest BCUT2D eigenvalue weighted by atomic mass is 9.81. The van der Waals surface area contributed by atoms with E-state index in [0.29, 0.717) is 0 Å². The van der Waals surface area contributed by atoms with Crippen molar-refractivity contribution in [1.82, 2.24) is 0 Å². The molecular weight excluding hydrogens is 419 g/mol. The Morgan fingerprint density at radius 2 is 1.64 bits per heavy atom. The van der Waals surface area contributed by atoms with E-state index in [2.05, 4.69) is 75.5 Å². The number of halogens is 1. The normalized spacial score (nSPS) is 16.3. The van der Waals surface area contributed by atoms with Crippen LogP contribution in [-0.4, -0.2) is 4.43 Å². The Morgan fingerprint density at radius 1 is 0.840 bits per heavy atom. The van der Waals surface area contributed by atoms with Crippen LogP contribution in [-0.2, 0) is 6.42 Å². The van der Waals surface area contributed by atoms with Gasteiger partial charge in [0.05, 0.1) is 12.5 Å². The van der Waals surface area contributed by atoms with Crippen molar-refractivity contribution in [2.45, 2.75) is 25.2 Å². The molecule has 0 saturated heterocycles. The fourth-order valence-electron chi connectivity index (χ4n) is 3.90. The molecule has 0 spiro atoms. The molecule has 0 bridgehead atoms. The van der Waals surface area contributed by atoms with E-state index in [0.717, 1.165) is 5.92 Å². The first kappa shape index (κ1) is 16.6. The minimum absolute atomic E-state index is 0.759. The fraction of sp³-hybridized carbons (Fsp3) is 0.217. The van der Waals surface area contributed by atoms with Crippen molar-refractivity contribution in [3.8, 4) is 0 Å². The van der Waals surface area contributed by atoms with Gasteiger partial charge >= 0.3 is 0 Å². The Balaban J connectivity index is 0.000000272. The zero-order chi connectivity index (χ0) is 17.1. The van der Waals surface area contributed by atoms with Gasteiger partial charge in [-0.2, -0.15) is 0 Å². The summed E-state index contributed by atoms with van der Waals surface area (Å²) in [5.74, 6) is 0.759. The molecule has 0 amide bonds. The van der Waals surface area contributed by atoms with Gasteiger partial charge in [-0.1, -0.05) is 71.1 Å². The quantitative estimate of drug-likeness (QED) is 0.174. The summed E-state index contributed by atoms with van der Waals surface area (Å²) in [7, 11) is 0. The minimum Gasteiger partial charge on any atom is -0.473 e. The molecule has 1 aliphatic carbocycles. The Labute approximate surface area is 162 Å². The van der Waals surface area contributed by atoms with Crippen molar-refractivity contribution >= 4 is 44.1 Å². The lowest BCUT2D eigenvalue weighted by Crippen LogP contribution is -2.11. The highest BCUT2D eigenvalue weighted by atomic mass is 127. The van der Waals surface area contributed by atoms with Gasteiger partial charge in [0.25, 0.3) is 0 Å². The van der Waals surface area contributed by atoms with E-state index < -0.39 is 0 Å². The Morgan fingerprint density at radius 3 is 2.40 bits per heavy atom. The molecule has 4 aromatic rings. The van der Waals surface area contributed by atoms with E-state index in [1.54, 1.807) is 23.7 Å². The Kier molecular flexibility index (Phi) is 5.07. The monoisotopic (exact) mass is 440 g/mol. The number of hydrogen-bond acceptors (Lipinski definition) is 1. The van der Waals surface area contributed by atoms with Crippen LogP contribution in [0, 0.1) is 0 Å². The smallest absolute Gasteiger partial charge is 0.0902 e. The summed E-state index contributed by atoms with van der Waals surface area (Å²) in [6.45, 7) is 0.